The molecule has 0 fully saturated rings. The Morgan fingerprint density at radius 1 is 1.07 bits per heavy atom. The predicted molar refractivity (Wildman–Crippen MR) is 106 cm³/mol. The van der Waals surface area contributed by atoms with Gasteiger partial charge in [0.15, 0.2) is 0 Å². The third kappa shape index (κ3) is 5.21. The van der Waals surface area contributed by atoms with Gasteiger partial charge in [-0.1, -0.05) is 30.0 Å². The molecule has 7 nitrogen and oxygen atoms in total. The summed E-state index contributed by atoms with van der Waals surface area (Å²) < 4.78 is 12.4. The van der Waals surface area contributed by atoms with Gasteiger partial charge < -0.3 is 14.8 Å². The van der Waals surface area contributed by atoms with Crippen molar-refractivity contribution in [1.82, 2.24) is 25.5 Å². The Hall–Kier alpha value is -2.58. The average Bonchev–Trinajstić information content (AvgIpc) is 3.19. The summed E-state index contributed by atoms with van der Waals surface area (Å²) in [5.74, 6) is 2.62. The van der Waals surface area contributed by atoms with E-state index in [1.807, 2.05) is 48.5 Å². The van der Waals surface area contributed by atoms with E-state index in [0.717, 1.165) is 53.2 Å². The quantitative estimate of drug-likeness (QED) is 0.425. The van der Waals surface area contributed by atoms with Crippen molar-refractivity contribution in [3.8, 4) is 17.2 Å². The van der Waals surface area contributed by atoms with Crippen LogP contribution in [0.25, 0.3) is 5.69 Å². The summed E-state index contributed by atoms with van der Waals surface area (Å²) in [4.78, 5) is 0. The van der Waals surface area contributed by atoms with Crippen LogP contribution in [0, 0.1) is 0 Å². The maximum absolute atomic E-state index is 5.40. The van der Waals surface area contributed by atoms with Crippen LogP contribution >= 0.6 is 11.8 Å². The highest BCUT2D eigenvalue weighted by Gasteiger charge is 2.08. The third-order valence-electron chi connectivity index (χ3n) is 3.97. The summed E-state index contributed by atoms with van der Waals surface area (Å²) in [5.41, 5.74) is 2.05. The first kappa shape index (κ1) is 19.2. The van der Waals surface area contributed by atoms with E-state index in [-0.39, 0.29) is 0 Å². The Morgan fingerprint density at radius 3 is 2.70 bits per heavy atom. The summed E-state index contributed by atoms with van der Waals surface area (Å²) in [5, 5.41) is 16.2. The van der Waals surface area contributed by atoms with Crippen molar-refractivity contribution in [2.45, 2.75) is 18.1 Å². The van der Waals surface area contributed by atoms with Gasteiger partial charge in [0, 0.05) is 17.9 Å². The van der Waals surface area contributed by atoms with Gasteiger partial charge in [-0.3, -0.25) is 0 Å². The standard InChI is InChI=1S/C19H23N5O2S/c1-25-17-9-10-18(26-2)15(13-17)14-20-11-6-12-27-19-21-22-23-24(19)16-7-4-3-5-8-16/h3-5,7-10,13,20H,6,11-12,14H2,1-2H3. The van der Waals surface area contributed by atoms with E-state index in [1.54, 1.807) is 30.7 Å². The molecule has 0 amide bonds. The van der Waals surface area contributed by atoms with E-state index in [1.165, 1.54) is 0 Å². The molecule has 0 saturated carbocycles. The molecule has 3 aromatic rings. The maximum atomic E-state index is 5.40. The van der Waals surface area contributed by atoms with Gasteiger partial charge in [0.1, 0.15) is 11.5 Å². The number of methoxy groups -OCH3 is 2. The number of nitrogens with zero attached hydrogens (tertiary/aromatic N) is 4. The second-order valence-electron chi connectivity index (χ2n) is 5.77. The summed E-state index contributed by atoms with van der Waals surface area (Å²) in [6.45, 7) is 1.62. The molecule has 0 unspecified atom stereocenters. The molecule has 0 bridgehead atoms. The monoisotopic (exact) mass is 385 g/mol. The van der Waals surface area contributed by atoms with Gasteiger partial charge in [-0.25, -0.2) is 0 Å². The van der Waals surface area contributed by atoms with Crippen LogP contribution < -0.4 is 14.8 Å². The number of para-hydroxylation sites is 1. The zero-order chi connectivity index (χ0) is 18.9. The minimum Gasteiger partial charge on any atom is -0.497 e. The lowest BCUT2D eigenvalue weighted by atomic mass is 10.2. The highest BCUT2D eigenvalue weighted by atomic mass is 32.2. The molecular weight excluding hydrogens is 362 g/mol. The molecule has 1 N–H and O–H groups in total. The second kappa shape index (κ2) is 9.94. The van der Waals surface area contributed by atoms with E-state index in [0.29, 0.717) is 0 Å². The van der Waals surface area contributed by atoms with Crippen molar-refractivity contribution in [3.63, 3.8) is 0 Å². The largest absolute Gasteiger partial charge is 0.497 e. The number of rotatable bonds is 10. The minimum atomic E-state index is 0.729. The van der Waals surface area contributed by atoms with E-state index >= 15 is 0 Å². The van der Waals surface area contributed by atoms with Crippen molar-refractivity contribution in [1.29, 1.82) is 0 Å². The van der Waals surface area contributed by atoms with Crippen molar-refractivity contribution in [2.75, 3.05) is 26.5 Å². The molecule has 2 aromatic carbocycles. The molecule has 0 saturated heterocycles. The molecule has 3 rings (SSSR count). The van der Waals surface area contributed by atoms with Crippen LogP contribution in [0.2, 0.25) is 0 Å². The fraction of sp³-hybridized carbons (Fsp3) is 0.316. The van der Waals surface area contributed by atoms with Crippen LogP contribution in [-0.2, 0) is 6.54 Å². The summed E-state index contributed by atoms with van der Waals surface area (Å²) >= 11 is 1.65. The summed E-state index contributed by atoms with van der Waals surface area (Å²) in [6, 6.07) is 15.7. The number of hydrogen-bond donors (Lipinski definition) is 1. The van der Waals surface area contributed by atoms with Gasteiger partial charge in [-0.15, -0.1) is 5.10 Å². The van der Waals surface area contributed by atoms with Gasteiger partial charge in [-0.05, 0) is 53.7 Å². The van der Waals surface area contributed by atoms with Crippen molar-refractivity contribution < 1.29 is 9.47 Å². The third-order valence-corrected chi connectivity index (χ3v) is 4.98. The highest BCUT2D eigenvalue weighted by Crippen LogP contribution is 2.24. The van der Waals surface area contributed by atoms with Gasteiger partial charge in [0.2, 0.25) is 5.16 Å². The Balaban J connectivity index is 1.44. The number of thioether (sulfide) groups is 1. The first-order chi connectivity index (χ1) is 13.3. The average molecular weight is 385 g/mol. The molecule has 142 valence electrons. The Morgan fingerprint density at radius 2 is 1.93 bits per heavy atom. The Kier molecular flexibility index (Phi) is 7.06. The van der Waals surface area contributed by atoms with Crippen molar-refractivity contribution >= 4 is 11.8 Å². The number of tetrazole rings is 1. The van der Waals surface area contributed by atoms with Crippen LogP contribution in [0.4, 0.5) is 0 Å². The van der Waals surface area contributed by atoms with Crippen LogP contribution in [0.3, 0.4) is 0 Å². The van der Waals surface area contributed by atoms with E-state index in [2.05, 4.69) is 20.8 Å². The van der Waals surface area contributed by atoms with Crippen LogP contribution in [0.5, 0.6) is 11.5 Å². The first-order valence-electron chi connectivity index (χ1n) is 8.70. The number of ether oxygens (including phenoxy) is 2. The molecular formula is C19H23N5O2S. The van der Waals surface area contributed by atoms with Gasteiger partial charge in [-0.2, -0.15) is 4.68 Å². The molecule has 0 atom stereocenters. The number of hydrogen-bond acceptors (Lipinski definition) is 7. The molecule has 8 heteroatoms. The molecule has 0 aliphatic rings. The minimum absolute atomic E-state index is 0.729. The van der Waals surface area contributed by atoms with E-state index < -0.39 is 0 Å². The SMILES string of the molecule is COc1ccc(OC)c(CNCCCSc2nnnn2-c2ccccc2)c1. The molecule has 0 radical (unpaired) electrons. The topological polar surface area (TPSA) is 74.1 Å². The Bertz CT molecular complexity index is 841. The normalized spacial score (nSPS) is 10.7. The number of benzene rings is 2. The number of nitrogens with one attached hydrogen (secondary N) is 1. The maximum Gasteiger partial charge on any atom is 0.214 e. The fourth-order valence-corrected chi connectivity index (χ4v) is 3.43. The smallest absolute Gasteiger partial charge is 0.214 e. The summed E-state index contributed by atoms with van der Waals surface area (Å²) in [7, 11) is 3.35. The lowest BCUT2D eigenvalue weighted by Gasteiger charge is -2.11. The summed E-state index contributed by atoms with van der Waals surface area (Å²) in [6.07, 6.45) is 0.999. The zero-order valence-electron chi connectivity index (χ0n) is 15.5. The highest BCUT2D eigenvalue weighted by molar-refractivity contribution is 7.99. The molecule has 0 aliphatic carbocycles. The van der Waals surface area contributed by atoms with E-state index in [9.17, 15) is 0 Å². The lowest BCUT2D eigenvalue weighted by Crippen LogP contribution is -2.16. The molecule has 1 aromatic heterocycles. The lowest BCUT2D eigenvalue weighted by molar-refractivity contribution is 0.397. The van der Waals surface area contributed by atoms with Crippen LogP contribution in [0.15, 0.2) is 53.7 Å². The zero-order valence-corrected chi connectivity index (χ0v) is 16.3. The molecule has 0 spiro atoms. The van der Waals surface area contributed by atoms with Crippen LogP contribution in [0.1, 0.15) is 12.0 Å². The van der Waals surface area contributed by atoms with Gasteiger partial charge in [0.25, 0.3) is 0 Å². The van der Waals surface area contributed by atoms with Crippen molar-refractivity contribution in [3.05, 3.63) is 54.1 Å². The van der Waals surface area contributed by atoms with Gasteiger partial charge >= 0.3 is 0 Å². The molecule has 1 heterocycles. The molecule has 0 aliphatic heterocycles. The van der Waals surface area contributed by atoms with Crippen LogP contribution in [-0.4, -0.2) is 46.7 Å². The first-order valence-corrected chi connectivity index (χ1v) is 9.68. The predicted octanol–water partition coefficient (Wildman–Crippen LogP) is 2.95. The second-order valence-corrected chi connectivity index (χ2v) is 6.83. The Labute approximate surface area is 163 Å². The molecule has 27 heavy (non-hydrogen) atoms. The van der Waals surface area contributed by atoms with Crippen molar-refractivity contribution in [2.24, 2.45) is 0 Å². The number of aromatic nitrogens is 4. The van der Waals surface area contributed by atoms with Gasteiger partial charge in [0.05, 0.1) is 19.9 Å². The van der Waals surface area contributed by atoms with E-state index in [4.69, 9.17) is 9.47 Å². The fourth-order valence-electron chi connectivity index (χ4n) is 2.60.